The summed E-state index contributed by atoms with van der Waals surface area (Å²) in [5, 5.41) is 9.20. The average Bonchev–Trinajstić information content (AvgIpc) is 2.70. The summed E-state index contributed by atoms with van der Waals surface area (Å²) < 4.78 is 0. The topological polar surface area (TPSA) is 40.2 Å². The summed E-state index contributed by atoms with van der Waals surface area (Å²) in [7, 11) is 0. The summed E-state index contributed by atoms with van der Waals surface area (Å²) in [6, 6.07) is 14.4. The van der Waals surface area contributed by atoms with Gasteiger partial charge in [0.2, 0.25) is 0 Å². The molecule has 0 radical (unpaired) electrons. The largest absolute Gasteiger partial charge is 0.371 e. The van der Waals surface area contributed by atoms with Crippen LogP contribution in [0.25, 0.3) is 10.9 Å². The highest BCUT2D eigenvalue weighted by Gasteiger charge is 2.21. The minimum atomic E-state index is 0.344. The maximum absolute atomic E-state index is 6.21. The van der Waals surface area contributed by atoms with Crippen molar-refractivity contribution in [2.75, 3.05) is 23.3 Å². The lowest BCUT2D eigenvalue weighted by atomic mass is 10.0. The number of hydrogen-bond donors (Lipinski definition) is 3. The quantitative estimate of drug-likeness (QED) is 0.372. The summed E-state index contributed by atoms with van der Waals surface area (Å²) in [5.41, 5.74) is 4.26. The van der Waals surface area contributed by atoms with E-state index in [1.54, 1.807) is 0 Å². The second-order valence-electron chi connectivity index (χ2n) is 7.37. The van der Waals surface area contributed by atoms with E-state index in [1.807, 2.05) is 43.5 Å². The number of nitrogens with zero attached hydrogens (tertiary/aromatic N) is 2. The molecule has 3 aromatic rings. The van der Waals surface area contributed by atoms with Crippen molar-refractivity contribution >= 4 is 63.8 Å². The third-order valence-electron chi connectivity index (χ3n) is 5.25. The van der Waals surface area contributed by atoms with Gasteiger partial charge in [0, 0.05) is 46.3 Å². The highest BCUT2D eigenvalue weighted by molar-refractivity contribution is 7.81. The lowest BCUT2D eigenvalue weighted by molar-refractivity contribution is 0.468. The van der Waals surface area contributed by atoms with Gasteiger partial charge >= 0.3 is 0 Å². The molecule has 0 unspecified atom stereocenters. The minimum absolute atomic E-state index is 0.344. The molecule has 1 saturated heterocycles. The normalized spacial score (nSPS) is 14.8. The van der Waals surface area contributed by atoms with Crippen LogP contribution in [0.1, 0.15) is 18.4 Å². The first-order valence-corrected chi connectivity index (χ1v) is 10.9. The first kappa shape index (κ1) is 20.3. The van der Waals surface area contributed by atoms with Crippen molar-refractivity contribution in [2.24, 2.45) is 0 Å². The number of aromatic nitrogens is 1. The van der Waals surface area contributed by atoms with Crippen molar-refractivity contribution in [1.82, 2.24) is 10.3 Å². The standard InChI is InChI=1S/C22H23ClN4S2/c1-14-2-4-19(21(28)12-14)26-22(29)25-16-7-10-27(11-8-16)20-6-9-24-18-5-3-15(23)13-17(18)20/h2-6,9,12-13,16,28H,7-8,10-11H2,1H3,(H2,25,26,29). The van der Waals surface area contributed by atoms with Crippen molar-refractivity contribution in [2.45, 2.75) is 30.7 Å². The molecule has 0 saturated carbocycles. The van der Waals surface area contributed by atoms with E-state index in [1.165, 1.54) is 11.3 Å². The Balaban J connectivity index is 1.37. The smallest absolute Gasteiger partial charge is 0.171 e. The number of nitrogens with one attached hydrogen (secondary N) is 2. The van der Waals surface area contributed by atoms with Gasteiger partial charge in [-0.3, -0.25) is 4.98 Å². The number of thiocarbonyl (C=S) groups is 1. The van der Waals surface area contributed by atoms with Gasteiger partial charge in [-0.15, -0.1) is 12.6 Å². The van der Waals surface area contributed by atoms with Crippen molar-refractivity contribution in [3.05, 3.63) is 59.2 Å². The molecule has 4 rings (SSSR count). The zero-order valence-electron chi connectivity index (χ0n) is 16.2. The van der Waals surface area contributed by atoms with Gasteiger partial charge in [0.25, 0.3) is 0 Å². The van der Waals surface area contributed by atoms with Crippen molar-refractivity contribution < 1.29 is 0 Å². The van der Waals surface area contributed by atoms with E-state index in [0.29, 0.717) is 11.2 Å². The third kappa shape index (κ3) is 4.77. The molecule has 4 nitrogen and oxygen atoms in total. The number of piperidine rings is 1. The maximum atomic E-state index is 6.21. The molecule has 0 atom stereocenters. The molecule has 7 heteroatoms. The van der Waals surface area contributed by atoms with E-state index in [-0.39, 0.29) is 0 Å². The SMILES string of the molecule is Cc1ccc(NC(=S)NC2CCN(c3ccnc4ccc(Cl)cc34)CC2)c(S)c1. The fraction of sp³-hybridized carbons (Fsp3) is 0.273. The number of aryl methyl sites for hydroxylation is 1. The van der Waals surface area contributed by atoms with Gasteiger partial charge in [-0.05, 0) is 73.9 Å². The number of thiol groups is 1. The van der Waals surface area contributed by atoms with Gasteiger partial charge < -0.3 is 15.5 Å². The van der Waals surface area contributed by atoms with E-state index in [2.05, 4.69) is 45.3 Å². The Morgan fingerprint density at radius 3 is 2.72 bits per heavy atom. The highest BCUT2D eigenvalue weighted by Crippen LogP contribution is 2.30. The van der Waals surface area contributed by atoms with Crippen molar-refractivity contribution in [3.63, 3.8) is 0 Å². The number of fused-ring (bicyclic) bond motifs is 1. The monoisotopic (exact) mass is 442 g/mol. The summed E-state index contributed by atoms with van der Waals surface area (Å²) in [5.74, 6) is 0. The molecule has 0 amide bonds. The molecule has 0 aliphatic carbocycles. The van der Waals surface area contributed by atoms with E-state index in [0.717, 1.165) is 52.4 Å². The molecule has 0 bridgehead atoms. The molecule has 2 aromatic carbocycles. The molecular formula is C22H23ClN4S2. The predicted molar refractivity (Wildman–Crippen MR) is 130 cm³/mol. The third-order valence-corrected chi connectivity index (χ3v) is 6.08. The second-order valence-corrected chi connectivity index (χ2v) is 8.70. The molecule has 0 spiro atoms. The van der Waals surface area contributed by atoms with Gasteiger partial charge in [-0.2, -0.15) is 0 Å². The van der Waals surface area contributed by atoms with Crippen molar-refractivity contribution in [1.29, 1.82) is 0 Å². The fourth-order valence-corrected chi connectivity index (χ4v) is 4.52. The summed E-state index contributed by atoms with van der Waals surface area (Å²) in [6.07, 6.45) is 3.88. The van der Waals surface area contributed by atoms with Gasteiger partial charge in [0.1, 0.15) is 0 Å². The van der Waals surface area contributed by atoms with Crippen LogP contribution < -0.4 is 15.5 Å². The van der Waals surface area contributed by atoms with Gasteiger partial charge in [0.05, 0.1) is 11.2 Å². The van der Waals surface area contributed by atoms with Crippen molar-refractivity contribution in [3.8, 4) is 0 Å². The lowest BCUT2D eigenvalue weighted by Gasteiger charge is -2.35. The summed E-state index contributed by atoms with van der Waals surface area (Å²) >= 11 is 16.3. The molecule has 29 heavy (non-hydrogen) atoms. The highest BCUT2D eigenvalue weighted by atomic mass is 35.5. The first-order chi connectivity index (χ1) is 14.0. The number of pyridine rings is 1. The van der Waals surface area contributed by atoms with Crippen LogP contribution in [-0.4, -0.2) is 29.2 Å². The first-order valence-electron chi connectivity index (χ1n) is 9.66. The van der Waals surface area contributed by atoms with E-state index in [9.17, 15) is 0 Å². The van der Waals surface area contributed by atoms with Crippen LogP contribution in [0.2, 0.25) is 5.02 Å². The van der Waals surface area contributed by atoms with Gasteiger partial charge in [-0.1, -0.05) is 17.7 Å². The van der Waals surface area contributed by atoms with Gasteiger partial charge in [-0.25, -0.2) is 0 Å². The Bertz CT molecular complexity index is 1050. The van der Waals surface area contributed by atoms with Crippen LogP contribution >= 0.6 is 36.4 Å². The van der Waals surface area contributed by atoms with Gasteiger partial charge in [0.15, 0.2) is 5.11 Å². The predicted octanol–water partition coefficient (Wildman–Crippen LogP) is 5.44. The van der Waals surface area contributed by atoms with E-state index < -0.39 is 0 Å². The number of rotatable bonds is 3. The maximum Gasteiger partial charge on any atom is 0.171 e. The number of benzene rings is 2. The zero-order chi connectivity index (χ0) is 20.4. The Labute approximate surface area is 187 Å². The molecule has 2 heterocycles. The minimum Gasteiger partial charge on any atom is -0.371 e. The molecular weight excluding hydrogens is 420 g/mol. The number of anilines is 2. The molecule has 1 fully saturated rings. The van der Waals surface area contributed by atoms with Crippen LogP contribution in [-0.2, 0) is 0 Å². The summed E-state index contributed by atoms with van der Waals surface area (Å²) in [6.45, 7) is 3.95. The summed E-state index contributed by atoms with van der Waals surface area (Å²) in [4.78, 5) is 7.75. The van der Waals surface area contributed by atoms with Crippen LogP contribution in [0.5, 0.6) is 0 Å². The van der Waals surface area contributed by atoms with Crippen LogP contribution in [0, 0.1) is 6.92 Å². The lowest BCUT2D eigenvalue weighted by Crippen LogP contribution is -2.46. The number of halogens is 1. The fourth-order valence-electron chi connectivity index (χ4n) is 3.74. The zero-order valence-corrected chi connectivity index (χ0v) is 18.6. The van der Waals surface area contributed by atoms with E-state index in [4.69, 9.17) is 23.8 Å². The average molecular weight is 443 g/mol. The Morgan fingerprint density at radius 1 is 1.17 bits per heavy atom. The Kier molecular flexibility index (Phi) is 6.13. The molecule has 1 aromatic heterocycles. The molecule has 1 aliphatic heterocycles. The molecule has 2 N–H and O–H groups in total. The van der Waals surface area contributed by atoms with E-state index >= 15 is 0 Å². The van der Waals surface area contributed by atoms with Crippen LogP contribution in [0.3, 0.4) is 0 Å². The molecule has 150 valence electrons. The Morgan fingerprint density at radius 2 is 1.97 bits per heavy atom. The second kappa shape index (κ2) is 8.78. The van der Waals surface area contributed by atoms with Crippen LogP contribution in [0.4, 0.5) is 11.4 Å². The Hall–Kier alpha value is -2.02. The molecule has 1 aliphatic rings. The number of hydrogen-bond acceptors (Lipinski definition) is 4. The van der Waals surface area contributed by atoms with Crippen LogP contribution in [0.15, 0.2) is 53.6 Å².